The van der Waals surface area contributed by atoms with Crippen molar-refractivity contribution in [1.29, 1.82) is 0 Å². The van der Waals surface area contributed by atoms with E-state index in [4.69, 9.17) is 0 Å². The Kier molecular flexibility index (Phi) is 5.89. The number of aromatic nitrogens is 4. The van der Waals surface area contributed by atoms with Crippen LogP contribution in [0.15, 0.2) is 79.3 Å². The average molecular weight is 401 g/mol. The summed E-state index contributed by atoms with van der Waals surface area (Å²) in [6, 6.07) is 17.5. The van der Waals surface area contributed by atoms with Gasteiger partial charge in [0.15, 0.2) is 5.82 Å². The van der Waals surface area contributed by atoms with E-state index in [2.05, 4.69) is 20.4 Å². The Morgan fingerprint density at radius 2 is 1.97 bits per heavy atom. The van der Waals surface area contributed by atoms with Crippen molar-refractivity contribution >= 4 is 5.91 Å². The van der Waals surface area contributed by atoms with E-state index in [0.717, 1.165) is 17.0 Å². The van der Waals surface area contributed by atoms with Crippen molar-refractivity contribution in [1.82, 2.24) is 25.1 Å². The fourth-order valence-electron chi connectivity index (χ4n) is 3.09. The molecule has 1 aromatic carbocycles. The fraction of sp³-hybridized carbons (Fsp3) is 0.130. The second-order valence-corrected chi connectivity index (χ2v) is 6.77. The molecule has 0 atom stereocenters. The molecule has 6 nitrogen and oxygen atoms in total. The van der Waals surface area contributed by atoms with Gasteiger partial charge in [0.1, 0.15) is 5.82 Å². The quantitative estimate of drug-likeness (QED) is 0.512. The minimum atomic E-state index is -0.322. The van der Waals surface area contributed by atoms with Crippen LogP contribution < -0.4 is 5.32 Å². The van der Waals surface area contributed by atoms with Gasteiger partial charge in [-0.1, -0.05) is 24.3 Å². The molecule has 0 spiro atoms. The number of nitrogens with one attached hydrogen (secondary N) is 1. The third-order valence-electron chi connectivity index (χ3n) is 4.57. The van der Waals surface area contributed by atoms with E-state index in [1.54, 1.807) is 29.3 Å². The Bertz CT molecular complexity index is 1130. The number of nitrogens with zero attached hydrogens (tertiary/aromatic N) is 4. The van der Waals surface area contributed by atoms with Crippen LogP contribution >= 0.6 is 0 Å². The Morgan fingerprint density at radius 3 is 2.73 bits per heavy atom. The molecular formula is C23H20FN5O. The van der Waals surface area contributed by atoms with E-state index in [9.17, 15) is 9.18 Å². The molecule has 0 aliphatic heterocycles. The first-order valence-electron chi connectivity index (χ1n) is 9.61. The van der Waals surface area contributed by atoms with Crippen LogP contribution in [0.4, 0.5) is 4.39 Å². The summed E-state index contributed by atoms with van der Waals surface area (Å²) in [6.07, 6.45) is 5.85. The van der Waals surface area contributed by atoms with Gasteiger partial charge >= 0.3 is 0 Å². The lowest BCUT2D eigenvalue weighted by Gasteiger charge is -2.06. The van der Waals surface area contributed by atoms with Crippen molar-refractivity contribution in [3.8, 4) is 17.1 Å². The number of halogens is 1. The highest BCUT2D eigenvalue weighted by atomic mass is 19.1. The molecule has 0 aliphatic rings. The molecular weight excluding hydrogens is 381 g/mol. The van der Waals surface area contributed by atoms with Crippen molar-refractivity contribution in [2.45, 2.75) is 19.4 Å². The van der Waals surface area contributed by atoms with Crippen molar-refractivity contribution in [2.75, 3.05) is 0 Å². The largest absolute Gasteiger partial charge is 0.352 e. The third kappa shape index (κ3) is 4.75. The normalized spacial score (nSPS) is 10.7. The van der Waals surface area contributed by atoms with Gasteiger partial charge in [-0.05, 0) is 42.0 Å². The number of carbonyl (C=O) groups is 1. The third-order valence-corrected chi connectivity index (χ3v) is 4.57. The van der Waals surface area contributed by atoms with Gasteiger partial charge in [-0.2, -0.15) is 5.10 Å². The minimum Gasteiger partial charge on any atom is -0.352 e. The van der Waals surface area contributed by atoms with Crippen LogP contribution in [0.3, 0.4) is 0 Å². The smallest absolute Gasteiger partial charge is 0.220 e. The van der Waals surface area contributed by atoms with Gasteiger partial charge in [0.05, 0.1) is 11.4 Å². The monoisotopic (exact) mass is 401 g/mol. The summed E-state index contributed by atoms with van der Waals surface area (Å²) in [5.41, 5.74) is 3.09. The van der Waals surface area contributed by atoms with E-state index in [1.165, 1.54) is 12.1 Å². The number of aryl methyl sites for hydroxylation is 1. The molecule has 150 valence electrons. The zero-order valence-electron chi connectivity index (χ0n) is 16.2. The molecule has 0 aliphatic carbocycles. The van der Waals surface area contributed by atoms with Crippen LogP contribution in [0, 0.1) is 5.82 Å². The Balaban J connectivity index is 1.50. The van der Waals surface area contributed by atoms with Gasteiger partial charge in [0.2, 0.25) is 5.91 Å². The highest BCUT2D eigenvalue weighted by Gasteiger charge is 2.14. The van der Waals surface area contributed by atoms with Gasteiger partial charge < -0.3 is 5.32 Å². The molecule has 4 aromatic rings. The summed E-state index contributed by atoms with van der Waals surface area (Å²) in [6.45, 7) is 0.434. The number of hydrogen-bond acceptors (Lipinski definition) is 4. The van der Waals surface area contributed by atoms with Crippen molar-refractivity contribution in [3.63, 3.8) is 0 Å². The number of rotatable bonds is 7. The SMILES string of the molecule is O=C(CCc1cc(-c2cccc(F)c2)n(-c2ccccn2)n1)NCc1cccnc1. The standard InChI is InChI=1S/C23H20FN5O/c24-19-7-3-6-18(13-19)21-14-20(28-29(21)22-8-1-2-12-26-22)9-10-23(30)27-16-17-5-4-11-25-15-17/h1-8,11-15H,9-10,16H2,(H,27,30). The fourth-order valence-corrected chi connectivity index (χ4v) is 3.09. The Hall–Kier alpha value is -3.87. The lowest BCUT2D eigenvalue weighted by atomic mass is 10.1. The number of carbonyl (C=O) groups excluding carboxylic acids is 1. The first-order valence-corrected chi connectivity index (χ1v) is 9.61. The van der Waals surface area contributed by atoms with Crippen LogP contribution in [0.1, 0.15) is 17.7 Å². The molecule has 0 saturated heterocycles. The summed E-state index contributed by atoms with van der Waals surface area (Å²) in [5.74, 6) is 0.236. The maximum absolute atomic E-state index is 13.8. The molecule has 0 radical (unpaired) electrons. The molecule has 0 saturated carbocycles. The lowest BCUT2D eigenvalue weighted by Crippen LogP contribution is -2.23. The predicted molar refractivity (Wildman–Crippen MR) is 111 cm³/mol. The Labute approximate surface area is 173 Å². The zero-order chi connectivity index (χ0) is 20.8. The van der Waals surface area contributed by atoms with Gasteiger partial charge in [-0.3, -0.25) is 9.78 Å². The van der Waals surface area contributed by atoms with E-state index in [0.29, 0.717) is 30.8 Å². The van der Waals surface area contributed by atoms with E-state index in [1.807, 2.05) is 42.5 Å². The Morgan fingerprint density at radius 1 is 1.03 bits per heavy atom. The first kappa shape index (κ1) is 19.4. The van der Waals surface area contributed by atoms with Crippen molar-refractivity contribution in [2.24, 2.45) is 0 Å². The summed E-state index contributed by atoms with van der Waals surface area (Å²) in [5, 5.41) is 7.50. The van der Waals surface area contributed by atoms with Crippen LogP contribution in [0.5, 0.6) is 0 Å². The predicted octanol–water partition coefficient (Wildman–Crippen LogP) is 3.72. The van der Waals surface area contributed by atoms with Crippen LogP contribution in [-0.2, 0) is 17.8 Å². The van der Waals surface area contributed by atoms with E-state index >= 15 is 0 Å². The van der Waals surface area contributed by atoms with Gasteiger partial charge in [-0.25, -0.2) is 14.1 Å². The molecule has 3 heterocycles. The summed E-state index contributed by atoms with van der Waals surface area (Å²) in [4.78, 5) is 20.6. The minimum absolute atomic E-state index is 0.0708. The van der Waals surface area contributed by atoms with E-state index in [-0.39, 0.29) is 11.7 Å². The van der Waals surface area contributed by atoms with E-state index < -0.39 is 0 Å². The lowest BCUT2D eigenvalue weighted by molar-refractivity contribution is -0.121. The molecule has 0 bridgehead atoms. The maximum atomic E-state index is 13.8. The highest BCUT2D eigenvalue weighted by molar-refractivity contribution is 5.76. The van der Waals surface area contributed by atoms with Crippen LogP contribution in [-0.4, -0.2) is 25.7 Å². The van der Waals surface area contributed by atoms with Gasteiger partial charge in [0.25, 0.3) is 0 Å². The molecule has 30 heavy (non-hydrogen) atoms. The molecule has 4 rings (SSSR count). The molecule has 0 fully saturated rings. The van der Waals surface area contributed by atoms with Crippen LogP contribution in [0.25, 0.3) is 17.1 Å². The van der Waals surface area contributed by atoms with Crippen LogP contribution in [0.2, 0.25) is 0 Å². The summed E-state index contributed by atoms with van der Waals surface area (Å²) >= 11 is 0. The average Bonchev–Trinajstić information content (AvgIpc) is 3.22. The number of amides is 1. The first-order chi connectivity index (χ1) is 14.7. The molecule has 7 heteroatoms. The highest BCUT2D eigenvalue weighted by Crippen LogP contribution is 2.24. The topological polar surface area (TPSA) is 72.7 Å². The summed E-state index contributed by atoms with van der Waals surface area (Å²) in [7, 11) is 0. The van der Waals surface area contributed by atoms with Gasteiger partial charge in [-0.15, -0.1) is 0 Å². The number of pyridine rings is 2. The molecule has 1 amide bonds. The second-order valence-electron chi connectivity index (χ2n) is 6.77. The number of hydrogen-bond donors (Lipinski definition) is 1. The molecule has 1 N–H and O–H groups in total. The molecule has 3 aromatic heterocycles. The van der Waals surface area contributed by atoms with Gasteiger partial charge in [0, 0.05) is 43.5 Å². The van der Waals surface area contributed by atoms with Crippen molar-refractivity contribution in [3.05, 3.63) is 96.3 Å². The summed E-state index contributed by atoms with van der Waals surface area (Å²) < 4.78 is 15.4. The zero-order valence-corrected chi connectivity index (χ0v) is 16.2. The number of benzene rings is 1. The van der Waals surface area contributed by atoms with Crippen molar-refractivity contribution < 1.29 is 9.18 Å². The maximum Gasteiger partial charge on any atom is 0.220 e. The molecule has 0 unspecified atom stereocenters. The second kappa shape index (κ2) is 9.09.